The fourth-order valence-electron chi connectivity index (χ4n) is 2.02. The Kier molecular flexibility index (Phi) is 5.74. The Morgan fingerprint density at radius 3 is 2.35 bits per heavy atom. The van der Waals surface area contributed by atoms with Crippen LogP contribution in [0.15, 0.2) is 54.6 Å². The smallest absolute Gasteiger partial charge is 0.264 e. The van der Waals surface area contributed by atoms with Crippen molar-refractivity contribution in [3.63, 3.8) is 0 Å². The van der Waals surface area contributed by atoms with Crippen LogP contribution in [0.5, 0.6) is 5.75 Å². The van der Waals surface area contributed by atoms with E-state index in [1.807, 2.05) is 42.5 Å². The van der Waals surface area contributed by atoms with E-state index in [4.69, 9.17) is 15.3 Å². The van der Waals surface area contributed by atoms with Gasteiger partial charge in [0.2, 0.25) is 0 Å². The summed E-state index contributed by atoms with van der Waals surface area (Å²) in [4.78, 5) is 13.9. The molecule has 0 aromatic heterocycles. The first-order chi connectivity index (χ1) is 11.2. The van der Waals surface area contributed by atoms with Crippen molar-refractivity contribution in [3.8, 4) is 17.9 Å². The van der Waals surface area contributed by atoms with Crippen LogP contribution in [-0.4, -0.2) is 19.1 Å². The van der Waals surface area contributed by atoms with Gasteiger partial charge in [-0.05, 0) is 36.4 Å². The number of amides is 1. The van der Waals surface area contributed by atoms with E-state index in [1.54, 1.807) is 24.3 Å². The lowest BCUT2D eigenvalue weighted by Crippen LogP contribution is -2.35. The molecule has 0 saturated heterocycles. The van der Waals surface area contributed by atoms with Gasteiger partial charge >= 0.3 is 0 Å². The first-order valence-electron chi connectivity index (χ1n) is 7.10. The molecule has 0 spiro atoms. The van der Waals surface area contributed by atoms with Gasteiger partial charge in [0.1, 0.15) is 5.75 Å². The molecule has 5 heteroatoms. The van der Waals surface area contributed by atoms with Gasteiger partial charge in [0.25, 0.3) is 5.91 Å². The highest BCUT2D eigenvalue weighted by Crippen LogP contribution is 2.16. The van der Waals surface area contributed by atoms with Crippen LogP contribution in [0, 0.1) is 22.7 Å². The summed E-state index contributed by atoms with van der Waals surface area (Å²) >= 11 is 0. The van der Waals surface area contributed by atoms with Crippen molar-refractivity contribution in [1.29, 1.82) is 10.5 Å². The van der Waals surface area contributed by atoms with Crippen LogP contribution in [0.2, 0.25) is 0 Å². The molecule has 0 radical (unpaired) electrons. The van der Waals surface area contributed by atoms with Crippen molar-refractivity contribution >= 4 is 11.6 Å². The Balaban J connectivity index is 2.02. The number of para-hydroxylation sites is 1. The zero-order valence-corrected chi connectivity index (χ0v) is 12.5. The SMILES string of the molecule is N#CCCN(C(=O)COc1ccc(C#N)cc1)c1ccccc1. The van der Waals surface area contributed by atoms with Gasteiger partial charge in [0.05, 0.1) is 24.1 Å². The Hall–Kier alpha value is -3.31. The topological polar surface area (TPSA) is 77.1 Å². The van der Waals surface area contributed by atoms with Gasteiger partial charge in [-0.25, -0.2) is 0 Å². The third kappa shape index (κ3) is 4.59. The molecular weight excluding hydrogens is 290 g/mol. The summed E-state index contributed by atoms with van der Waals surface area (Å²) in [6, 6.07) is 19.8. The second-order valence-corrected chi connectivity index (χ2v) is 4.71. The van der Waals surface area contributed by atoms with Gasteiger partial charge < -0.3 is 9.64 Å². The molecule has 23 heavy (non-hydrogen) atoms. The number of benzene rings is 2. The molecule has 2 aromatic rings. The molecular formula is C18H15N3O2. The fraction of sp³-hybridized carbons (Fsp3) is 0.167. The van der Waals surface area contributed by atoms with Crippen molar-refractivity contribution in [2.24, 2.45) is 0 Å². The summed E-state index contributed by atoms with van der Waals surface area (Å²) in [6.07, 6.45) is 0.248. The highest BCUT2D eigenvalue weighted by atomic mass is 16.5. The largest absolute Gasteiger partial charge is 0.484 e. The van der Waals surface area contributed by atoms with Crippen molar-refractivity contribution in [1.82, 2.24) is 0 Å². The minimum Gasteiger partial charge on any atom is -0.484 e. The summed E-state index contributed by atoms with van der Waals surface area (Å²) in [5, 5.41) is 17.5. The molecule has 5 nitrogen and oxygen atoms in total. The van der Waals surface area contributed by atoms with Crippen LogP contribution in [0.25, 0.3) is 0 Å². The third-order valence-corrected chi connectivity index (χ3v) is 3.16. The van der Waals surface area contributed by atoms with Gasteiger partial charge in [0, 0.05) is 12.2 Å². The molecule has 0 aliphatic heterocycles. The number of rotatable bonds is 6. The zero-order valence-electron chi connectivity index (χ0n) is 12.5. The summed E-state index contributed by atoms with van der Waals surface area (Å²) in [6.45, 7) is 0.183. The first-order valence-corrected chi connectivity index (χ1v) is 7.10. The molecule has 0 bridgehead atoms. The van der Waals surface area contributed by atoms with Gasteiger partial charge in [0.15, 0.2) is 6.61 Å². The maximum atomic E-state index is 12.4. The molecule has 1 amide bonds. The summed E-state index contributed by atoms with van der Waals surface area (Å²) in [7, 11) is 0. The average molecular weight is 305 g/mol. The van der Waals surface area contributed by atoms with Gasteiger partial charge in [-0.15, -0.1) is 0 Å². The third-order valence-electron chi connectivity index (χ3n) is 3.16. The number of nitrogens with zero attached hydrogens (tertiary/aromatic N) is 3. The van der Waals surface area contributed by atoms with Crippen LogP contribution in [0.3, 0.4) is 0 Å². The van der Waals surface area contributed by atoms with Gasteiger partial charge in [-0.3, -0.25) is 4.79 Å². The predicted molar refractivity (Wildman–Crippen MR) is 85.7 cm³/mol. The van der Waals surface area contributed by atoms with Crippen molar-refractivity contribution in [2.75, 3.05) is 18.1 Å². The maximum absolute atomic E-state index is 12.4. The van der Waals surface area contributed by atoms with E-state index in [0.717, 1.165) is 5.69 Å². The zero-order chi connectivity index (χ0) is 16.5. The fourth-order valence-corrected chi connectivity index (χ4v) is 2.02. The van der Waals surface area contributed by atoms with Crippen LogP contribution >= 0.6 is 0 Å². The lowest BCUT2D eigenvalue weighted by atomic mass is 10.2. The number of hydrogen-bond acceptors (Lipinski definition) is 4. The molecule has 0 heterocycles. The van der Waals surface area contributed by atoms with E-state index < -0.39 is 0 Å². The highest BCUT2D eigenvalue weighted by Gasteiger charge is 2.15. The molecule has 114 valence electrons. The summed E-state index contributed by atoms with van der Waals surface area (Å²) in [5.41, 5.74) is 1.26. The molecule has 2 rings (SSSR count). The van der Waals surface area contributed by atoms with E-state index in [1.165, 1.54) is 4.90 Å². The lowest BCUT2D eigenvalue weighted by molar-refractivity contribution is -0.120. The monoisotopic (exact) mass is 305 g/mol. The number of nitriles is 2. The summed E-state index contributed by atoms with van der Waals surface area (Å²) < 4.78 is 5.47. The number of carbonyl (C=O) groups is 1. The molecule has 0 aliphatic rings. The van der Waals surface area contributed by atoms with Crippen molar-refractivity contribution in [2.45, 2.75) is 6.42 Å². The molecule has 0 atom stereocenters. The van der Waals surface area contributed by atoms with E-state index in [-0.39, 0.29) is 18.9 Å². The Bertz CT molecular complexity index is 728. The molecule has 0 saturated carbocycles. The Morgan fingerprint density at radius 1 is 1.04 bits per heavy atom. The quantitative estimate of drug-likeness (QED) is 0.822. The number of carbonyl (C=O) groups excluding carboxylic acids is 1. The molecule has 0 N–H and O–H groups in total. The number of anilines is 1. The van der Waals surface area contributed by atoms with Crippen LogP contribution in [-0.2, 0) is 4.79 Å². The average Bonchev–Trinajstić information content (AvgIpc) is 2.61. The Morgan fingerprint density at radius 2 is 1.74 bits per heavy atom. The highest BCUT2D eigenvalue weighted by molar-refractivity contribution is 5.94. The minimum absolute atomic E-state index is 0.133. The number of ether oxygens (including phenoxy) is 1. The normalized spacial score (nSPS) is 9.48. The van der Waals surface area contributed by atoms with E-state index in [9.17, 15) is 4.79 Å². The van der Waals surface area contributed by atoms with E-state index in [0.29, 0.717) is 17.9 Å². The second-order valence-electron chi connectivity index (χ2n) is 4.71. The Labute approximate surface area is 134 Å². The van der Waals surface area contributed by atoms with Crippen molar-refractivity contribution in [3.05, 3.63) is 60.2 Å². The second kappa shape index (κ2) is 8.21. The molecule has 0 fully saturated rings. The van der Waals surface area contributed by atoms with Crippen LogP contribution < -0.4 is 9.64 Å². The standard InChI is InChI=1S/C18H15N3O2/c19-11-4-12-21(16-5-2-1-3-6-16)18(22)14-23-17-9-7-15(13-20)8-10-17/h1-3,5-10H,4,12,14H2. The van der Waals surface area contributed by atoms with Crippen LogP contribution in [0.1, 0.15) is 12.0 Å². The van der Waals surface area contributed by atoms with E-state index in [2.05, 4.69) is 0 Å². The van der Waals surface area contributed by atoms with Crippen molar-refractivity contribution < 1.29 is 9.53 Å². The molecule has 0 unspecified atom stereocenters. The summed E-state index contributed by atoms with van der Waals surface area (Å²) in [5.74, 6) is 0.293. The first kappa shape index (κ1) is 16.1. The molecule has 0 aliphatic carbocycles. The van der Waals surface area contributed by atoms with Gasteiger partial charge in [-0.1, -0.05) is 18.2 Å². The maximum Gasteiger partial charge on any atom is 0.264 e. The predicted octanol–water partition coefficient (Wildman–Crippen LogP) is 2.88. The lowest BCUT2D eigenvalue weighted by Gasteiger charge is -2.21. The van der Waals surface area contributed by atoms with Gasteiger partial charge in [-0.2, -0.15) is 10.5 Å². The van der Waals surface area contributed by atoms with E-state index >= 15 is 0 Å². The molecule has 2 aromatic carbocycles. The number of hydrogen-bond donors (Lipinski definition) is 0. The van der Waals surface area contributed by atoms with Crippen LogP contribution in [0.4, 0.5) is 5.69 Å². The minimum atomic E-state index is -0.226.